The number of ether oxygens (including phenoxy) is 1. The summed E-state index contributed by atoms with van der Waals surface area (Å²) >= 11 is 1.75. The molecule has 2 saturated heterocycles. The first-order valence-corrected chi connectivity index (χ1v) is 7.75. The summed E-state index contributed by atoms with van der Waals surface area (Å²) in [5.41, 5.74) is 0. The molecule has 1 unspecified atom stereocenters. The van der Waals surface area contributed by atoms with Crippen LogP contribution in [-0.2, 0) is 14.3 Å². The number of thioether (sulfide) groups is 1. The number of carboxylic acid groups (broad SMARTS) is 1. The van der Waals surface area contributed by atoms with Crippen LogP contribution in [0.15, 0.2) is 0 Å². The predicted molar refractivity (Wildman–Crippen MR) is 72.1 cm³/mol. The lowest BCUT2D eigenvalue weighted by atomic mass is 10.1. The quantitative estimate of drug-likeness (QED) is 0.749. The highest BCUT2D eigenvalue weighted by atomic mass is 32.2. The lowest BCUT2D eigenvalue weighted by molar-refractivity contribution is -0.139. The highest BCUT2D eigenvalue weighted by molar-refractivity contribution is 7.99. The fourth-order valence-electron chi connectivity index (χ4n) is 2.33. The number of nitrogens with one attached hydrogen (secondary N) is 1. The molecule has 0 bridgehead atoms. The van der Waals surface area contributed by atoms with Crippen LogP contribution >= 0.6 is 11.8 Å². The number of piperidine rings is 1. The smallest absolute Gasteiger partial charge is 0.305 e. The molecule has 2 heterocycles. The number of likely N-dealkylation sites (tertiary alicyclic amines) is 1. The van der Waals surface area contributed by atoms with Crippen LogP contribution in [0, 0.1) is 0 Å². The molecule has 0 aliphatic carbocycles. The Morgan fingerprint density at radius 1 is 1.37 bits per heavy atom. The summed E-state index contributed by atoms with van der Waals surface area (Å²) in [6, 6.07) is -0.0329. The number of rotatable bonds is 5. The van der Waals surface area contributed by atoms with Gasteiger partial charge in [-0.15, -0.1) is 11.8 Å². The maximum Gasteiger partial charge on any atom is 0.305 e. The highest BCUT2D eigenvalue weighted by Crippen LogP contribution is 2.17. The largest absolute Gasteiger partial charge is 0.481 e. The number of aliphatic carboxylic acids is 1. The van der Waals surface area contributed by atoms with E-state index in [1.54, 1.807) is 11.8 Å². The van der Waals surface area contributed by atoms with Crippen molar-refractivity contribution < 1.29 is 19.4 Å². The maximum atomic E-state index is 12.1. The molecule has 2 aliphatic rings. The summed E-state index contributed by atoms with van der Waals surface area (Å²) in [6.45, 7) is 1.67. The molecule has 2 rings (SSSR count). The molecule has 0 radical (unpaired) electrons. The zero-order valence-electron chi connectivity index (χ0n) is 10.8. The second-order valence-corrected chi connectivity index (χ2v) is 5.84. The molecule has 1 amide bonds. The van der Waals surface area contributed by atoms with Gasteiger partial charge in [-0.25, -0.2) is 0 Å². The van der Waals surface area contributed by atoms with Crippen LogP contribution in [0.4, 0.5) is 0 Å². The minimum atomic E-state index is -0.836. The molecule has 0 aromatic heterocycles. The summed E-state index contributed by atoms with van der Waals surface area (Å²) in [7, 11) is 0. The standard InChI is InChI=1S/C12H20N2O4S/c15-11(16)3-6-18-9-1-4-14(5-2-9)12(17)10-7-19-8-13-10/h9-10,13H,1-8H2,(H,15,16). The van der Waals surface area contributed by atoms with Crippen LogP contribution in [0.2, 0.25) is 0 Å². The molecule has 0 aromatic rings. The van der Waals surface area contributed by atoms with Gasteiger partial charge in [-0.2, -0.15) is 0 Å². The van der Waals surface area contributed by atoms with Gasteiger partial charge in [0.1, 0.15) is 0 Å². The highest BCUT2D eigenvalue weighted by Gasteiger charge is 2.30. The number of hydrogen-bond acceptors (Lipinski definition) is 5. The Hall–Kier alpha value is -0.790. The van der Waals surface area contributed by atoms with Crippen molar-refractivity contribution in [3.05, 3.63) is 0 Å². The van der Waals surface area contributed by atoms with Gasteiger partial charge in [0, 0.05) is 24.7 Å². The van der Waals surface area contributed by atoms with Crippen LogP contribution < -0.4 is 5.32 Å². The van der Waals surface area contributed by atoms with Crippen molar-refractivity contribution >= 4 is 23.6 Å². The number of carboxylic acids is 1. The number of nitrogens with zero attached hydrogens (tertiary/aromatic N) is 1. The average Bonchev–Trinajstić information content (AvgIpc) is 2.92. The van der Waals surface area contributed by atoms with E-state index in [9.17, 15) is 9.59 Å². The number of carbonyl (C=O) groups excluding carboxylic acids is 1. The second-order valence-electron chi connectivity index (χ2n) is 4.81. The number of hydrogen-bond donors (Lipinski definition) is 2. The lowest BCUT2D eigenvalue weighted by Crippen LogP contribution is -2.49. The van der Waals surface area contributed by atoms with Crippen molar-refractivity contribution in [1.29, 1.82) is 0 Å². The van der Waals surface area contributed by atoms with Gasteiger partial charge in [0.05, 0.1) is 25.2 Å². The Balaban J connectivity index is 1.67. The van der Waals surface area contributed by atoms with Gasteiger partial charge >= 0.3 is 5.97 Å². The fourth-order valence-corrected chi connectivity index (χ4v) is 3.26. The third-order valence-electron chi connectivity index (χ3n) is 3.44. The van der Waals surface area contributed by atoms with Gasteiger partial charge in [0.2, 0.25) is 5.91 Å². The average molecular weight is 288 g/mol. The molecule has 2 N–H and O–H groups in total. The first kappa shape index (κ1) is 14.6. The summed E-state index contributed by atoms with van der Waals surface area (Å²) in [5.74, 6) is 1.06. The Kier molecular flexibility index (Phi) is 5.47. The van der Waals surface area contributed by atoms with E-state index in [1.165, 1.54) is 0 Å². The molecular weight excluding hydrogens is 268 g/mol. The third kappa shape index (κ3) is 4.36. The summed E-state index contributed by atoms with van der Waals surface area (Å²) in [5, 5.41) is 11.7. The van der Waals surface area contributed by atoms with E-state index in [4.69, 9.17) is 9.84 Å². The van der Waals surface area contributed by atoms with Crippen molar-refractivity contribution in [2.24, 2.45) is 0 Å². The van der Waals surface area contributed by atoms with Crippen molar-refractivity contribution in [3.8, 4) is 0 Å². The van der Waals surface area contributed by atoms with Gasteiger partial charge in [0.25, 0.3) is 0 Å². The van der Waals surface area contributed by atoms with Gasteiger partial charge < -0.3 is 14.7 Å². The molecule has 2 aliphatic heterocycles. The van der Waals surface area contributed by atoms with E-state index in [2.05, 4.69) is 5.32 Å². The van der Waals surface area contributed by atoms with Crippen LogP contribution in [0.25, 0.3) is 0 Å². The molecule has 0 spiro atoms. The molecule has 108 valence electrons. The summed E-state index contributed by atoms with van der Waals surface area (Å²) in [6.07, 6.45) is 1.73. The van der Waals surface area contributed by atoms with Gasteiger partial charge in [-0.05, 0) is 12.8 Å². The molecular formula is C12H20N2O4S. The van der Waals surface area contributed by atoms with Crippen molar-refractivity contribution in [2.75, 3.05) is 31.3 Å². The van der Waals surface area contributed by atoms with E-state index < -0.39 is 5.97 Å². The lowest BCUT2D eigenvalue weighted by Gasteiger charge is -2.33. The first-order chi connectivity index (χ1) is 9.16. The maximum absolute atomic E-state index is 12.1. The molecule has 0 saturated carbocycles. The predicted octanol–water partition coefficient (Wildman–Crippen LogP) is 0.131. The zero-order valence-corrected chi connectivity index (χ0v) is 11.7. The Bertz CT molecular complexity index is 326. The zero-order chi connectivity index (χ0) is 13.7. The molecule has 2 fully saturated rings. The van der Waals surface area contributed by atoms with E-state index in [-0.39, 0.29) is 31.1 Å². The van der Waals surface area contributed by atoms with E-state index >= 15 is 0 Å². The summed E-state index contributed by atoms with van der Waals surface area (Å²) < 4.78 is 5.51. The number of carbonyl (C=O) groups is 2. The minimum absolute atomic E-state index is 0.0329. The van der Waals surface area contributed by atoms with E-state index in [1.807, 2.05) is 4.90 Å². The molecule has 19 heavy (non-hydrogen) atoms. The first-order valence-electron chi connectivity index (χ1n) is 6.60. The van der Waals surface area contributed by atoms with Crippen LogP contribution in [0.3, 0.4) is 0 Å². The molecule has 0 aromatic carbocycles. The van der Waals surface area contributed by atoms with Crippen LogP contribution in [-0.4, -0.2) is 65.4 Å². The van der Waals surface area contributed by atoms with Crippen molar-refractivity contribution in [3.63, 3.8) is 0 Å². The van der Waals surface area contributed by atoms with Crippen molar-refractivity contribution in [1.82, 2.24) is 10.2 Å². The Morgan fingerprint density at radius 3 is 2.68 bits per heavy atom. The van der Waals surface area contributed by atoms with Gasteiger partial charge in [-0.1, -0.05) is 0 Å². The number of amides is 1. The Morgan fingerprint density at radius 2 is 2.11 bits per heavy atom. The van der Waals surface area contributed by atoms with E-state index in [0.717, 1.165) is 24.5 Å². The molecule has 1 atom stereocenters. The van der Waals surface area contributed by atoms with Crippen LogP contribution in [0.5, 0.6) is 0 Å². The monoisotopic (exact) mass is 288 g/mol. The second kappa shape index (κ2) is 7.12. The van der Waals surface area contributed by atoms with E-state index in [0.29, 0.717) is 13.1 Å². The van der Waals surface area contributed by atoms with Crippen molar-refractivity contribution in [2.45, 2.75) is 31.4 Å². The molecule has 6 nitrogen and oxygen atoms in total. The van der Waals surface area contributed by atoms with Gasteiger partial charge in [-0.3, -0.25) is 14.9 Å². The minimum Gasteiger partial charge on any atom is -0.481 e. The van der Waals surface area contributed by atoms with Crippen LogP contribution in [0.1, 0.15) is 19.3 Å². The third-order valence-corrected chi connectivity index (χ3v) is 4.38. The fraction of sp³-hybridized carbons (Fsp3) is 0.833. The summed E-state index contributed by atoms with van der Waals surface area (Å²) in [4.78, 5) is 24.4. The SMILES string of the molecule is O=C(O)CCOC1CCN(C(=O)C2CSCN2)CC1. The van der Waals surface area contributed by atoms with Gasteiger partial charge in [0.15, 0.2) is 0 Å². The topological polar surface area (TPSA) is 78.9 Å². The Labute approximate surface area is 116 Å². The molecule has 7 heteroatoms. The normalized spacial score (nSPS) is 24.6.